The number of rotatable bonds is 2. The molecular weight excluding hydrogens is 343 g/mol. The van der Waals surface area contributed by atoms with Crippen molar-refractivity contribution in [2.24, 2.45) is 0 Å². The Hall–Kier alpha value is -1.50. The lowest BCUT2D eigenvalue weighted by atomic mass is 10.2. The van der Waals surface area contributed by atoms with Gasteiger partial charge in [-0.2, -0.15) is 0 Å². The van der Waals surface area contributed by atoms with Gasteiger partial charge in [0.1, 0.15) is 11.4 Å². The fourth-order valence-electron chi connectivity index (χ4n) is 2.08. The number of nitrogens with zero attached hydrogens (tertiary/aromatic N) is 4. The number of thioether (sulfide) groups is 1. The van der Waals surface area contributed by atoms with Crippen LogP contribution in [0, 0.1) is 0 Å². The number of aromatic nitrogens is 2. The summed E-state index contributed by atoms with van der Waals surface area (Å²) < 4.78 is 16.8. The first-order valence-electron chi connectivity index (χ1n) is 7.22. The van der Waals surface area contributed by atoms with Crippen LogP contribution >= 0.6 is 35.0 Å². The summed E-state index contributed by atoms with van der Waals surface area (Å²) >= 11 is 13.7. The van der Waals surface area contributed by atoms with Crippen LogP contribution in [0.2, 0.25) is 10.0 Å². The first-order valence-corrected chi connectivity index (χ1v) is 8.20. The van der Waals surface area contributed by atoms with Crippen molar-refractivity contribution >= 4 is 52.4 Å². The molecule has 8 heteroatoms. The quantitative estimate of drug-likeness (QED) is 0.608. The minimum atomic E-state index is -2.21. The van der Waals surface area contributed by atoms with Gasteiger partial charge in [-0.25, -0.2) is 9.97 Å². The summed E-state index contributed by atoms with van der Waals surface area (Å²) in [5, 5.41) is 0.810. The first-order chi connectivity index (χ1) is 11.3. The van der Waals surface area contributed by atoms with E-state index in [0.717, 1.165) is 4.90 Å². The van der Waals surface area contributed by atoms with Crippen molar-refractivity contribution in [2.45, 2.75) is 5.16 Å². The van der Waals surface area contributed by atoms with Crippen molar-refractivity contribution in [3.8, 4) is 0 Å². The summed E-state index contributed by atoms with van der Waals surface area (Å²) in [4.78, 5) is 23.5. The standard InChI is InChI=1S/C14H12Cl2N4OS/c1-19-7-20(11-9(15)4-3-5-10(11)16)13(21)8-6-17-14(22-2)18-12(8)19/h3-6H,7H2,1-2H3/i7D2. The van der Waals surface area contributed by atoms with Crippen LogP contribution in [0.5, 0.6) is 0 Å². The third kappa shape index (κ3) is 2.51. The maximum Gasteiger partial charge on any atom is 0.265 e. The molecule has 1 aromatic heterocycles. The largest absolute Gasteiger partial charge is 0.341 e. The number of amides is 1. The van der Waals surface area contributed by atoms with E-state index in [1.54, 1.807) is 24.5 Å². The number of fused-ring (bicyclic) bond motifs is 1. The lowest BCUT2D eigenvalue weighted by molar-refractivity contribution is 0.0981. The summed E-state index contributed by atoms with van der Waals surface area (Å²) in [7, 11) is 1.51. The van der Waals surface area contributed by atoms with E-state index in [2.05, 4.69) is 9.97 Å². The van der Waals surface area contributed by atoms with Gasteiger partial charge < -0.3 is 4.90 Å². The van der Waals surface area contributed by atoms with Gasteiger partial charge in [-0.1, -0.05) is 41.0 Å². The number of hydrogen-bond acceptors (Lipinski definition) is 5. The monoisotopic (exact) mass is 356 g/mol. The van der Waals surface area contributed by atoms with Gasteiger partial charge in [-0.05, 0) is 18.4 Å². The summed E-state index contributed by atoms with van der Waals surface area (Å²) in [5.74, 6) is -0.375. The predicted molar refractivity (Wildman–Crippen MR) is 90.4 cm³/mol. The van der Waals surface area contributed by atoms with Crippen LogP contribution in [-0.4, -0.2) is 35.8 Å². The van der Waals surface area contributed by atoms with Crippen LogP contribution in [0.4, 0.5) is 11.5 Å². The van der Waals surface area contributed by atoms with Gasteiger partial charge in [0.2, 0.25) is 0 Å². The molecule has 3 rings (SSSR count). The molecule has 22 heavy (non-hydrogen) atoms. The SMILES string of the molecule is [2H]C1([2H])N(C)c2nc(SC)ncc2C(=O)N1c1c(Cl)cccc1Cl. The molecule has 1 aliphatic heterocycles. The van der Waals surface area contributed by atoms with Crippen molar-refractivity contribution < 1.29 is 7.54 Å². The van der Waals surface area contributed by atoms with E-state index in [1.165, 1.54) is 29.9 Å². The van der Waals surface area contributed by atoms with Crippen molar-refractivity contribution in [1.82, 2.24) is 9.97 Å². The van der Waals surface area contributed by atoms with Gasteiger partial charge in [0, 0.05) is 13.2 Å². The zero-order chi connectivity index (χ0) is 17.6. The number of halogens is 2. The smallest absolute Gasteiger partial charge is 0.265 e. The van der Waals surface area contributed by atoms with Crippen LogP contribution in [0.25, 0.3) is 0 Å². The lowest BCUT2D eigenvalue weighted by Gasteiger charge is -2.35. The second-order valence-corrected chi connectivity index (χ2v) is 6.05. The summed E-state index contributed by atoms with van der Waals surface area (Å²) in [6.07, 6.45) is 3.19. The summed E-state index contributed by atoms with van der Waals surface area (Å²) in [6.45, 7) is -2.21. The molecule has 0 spiro atoms. The molecule has 0 N–H and O–H groups in total. The Morgan fingerprint density at radius 3 is 2.68 bits per heavy atom. The van der Waals surface area contributed by atoms with Gasteiger partial charge in [-0.3, -0.25) is 9.69 Å². The third-order valence-electron chi connectivity index (χ3n) is 3.09. The van der Waals surface area contributed by atoms with Gasteiger partial charge in [0.25, 0.3) is 5.91 Å². The molecule has 0 fully saturated rings. The van der Waals surface area contributed by atoms with E-state index >= 15 is 0 Å². The number of benzene rings is 1. The first kappa shape index (κ1) is 13.0. The fourth-order valence-corrected chi connectivity index (χ4v) is 2.98. The van der Waals surface area contributed by atoms with Crippen molar-refractivity contribution in [2.75, 3.05) is 29.7 Å². The molecule has 1 aromatic carbocycles. The number of anilines is 2. The number of carbonyl (C=O) groups is 1. The van der Waals surface area contributed by atoms with Gasteiger partial charge in [0.05, 0.1) is 25.1 Å². The normalized spacial score (nSPS) is 17.9. The Morgan fingerprint density at radius 2 is 2.05 bits per heavy atom. The minimum absolute atomic E-state index is 0.113. The fraction of sp³-hybridized carbons (Fsp3) is 0.214. The zero-order valence-electron chi connectivity index (χ0n) is 13.7. The van der Waals surface area contributed by atoms with Gasteiger partial charge >= 0.3 is 0 Å². The van der Waals surface area contributed by atoms with Crippen LogP contribution in [0.1, 0.15) is 13.1 Å². The summed E-state index contributed by atoms with van der Waals surface area (Å²) in [5.41, 5.74) is 0.295. The van der Waals surface area contributed by atoms with Crippen LogP contribution < -0.4 is 9.80 Å². The predicted octanol–water partition coefficient (Wildman–Crippen LogP) is 3.56. The highest BCUT2D eigenvalue weighted by atomic mass is 35.5. The van der Waals surface area contributed by atoms with E-state index < -0.39 is 12.5 Å². The second kappa shape index (κ2) is 5.95. The highest BCUT2D eigenvalue weighted by Crippen LogP contribution is 2.37. The van der Waals surface area contributed by atoms with Crippen molar-refractivity contribution in [3.63, 3.8) is 0 Å². The van der Waals surface area contributed by atoms with E-state index in [-0.39, 0.29) is 27.1 Å². The molecule has 0 radical (unpaired) electrons. The minimum Gasteiger partial charge on any atom is -0.341 e. The third-order valence-corrected chi connectivity index (χ3v) is 4.26. The maximum atomic E-state index is 12.9. The molecule has 114 valence electrons. The molecule has 0 atom stereocenters. The van der Waals surface area contributed by atoms with Gasteiger partial charge in [0.15, 0.2) is 5.16 Å². The Bertz CT molecular complexity index is 816. The molecular formula is C14H12Cl2N4OS. The molecule has 1 amide bonds. The van der Waals surface area contributed by atoms with E-state index in [4.69, 9.17) is 25.9 Å². The Kier molecular flexibility index (Phi) is 3.51. The van der Waals surface area contributed by atoms with Crippen molar-refractivity contribution in [3.05, 3.63) is 40.0 Å². The zero-order valence-corrected chi connectivity index (χ0v) is 14.0. The van der Waals surface area contributed by atoms with Crippen LogP contribution in [-0.2, 0) is 0 Å². The molecule has 0 aliphatic carbocycles. The van der Waals surface area contributed by atoms with E-state index in [0.29, 0.717) is 5.16 Å². The number of carbonyl (C=O) groups excluding carboxylic acids is 1. The highest BCUT2D eigenvalue weighted by molar-refractivity contribution is 7.98. The van der Waals surface area contributed by atoms with Crippen molar-refractivity contribution in [1.29, 1.82) is 0 Å². The Balaban J connectivity index is 2.24. The molecule has 5 nitrogen and oxygen atoms in total. The lowest BCUT2D eigenvalue weighted by Crippen LogP contribution is -2.46. The molecule has 0 unspecified atom stereocenters. The van der Waals surface area contributed by atoms with E-state index in [9.17, 15) is 4.79 Å². The molecule has 2 aromatic rings. The van der Waals surface area contributed by atoms with E-state index in [1.807, 2.05) is 0 Å². The highest BCUT2D eigenvalue weighted by Gasteiger charge is 2.32. The van der Waals surface area contributed by atoms with Crippen LogP contribution in [0.3, 0.4) is 0 Å². The second-order valence-electron chi connectivity index (χ2n) is 4.46. The number of para-hydroxylation sites is 1. The number of hydrogen-bond donors (Lipinski definition) is 0. The molecule has 0 saturated heterocycles. The van der Waals surface area contributed by atoms with Crippen LogP contribution in [0.15, 0.2) is 29.6 Å². The molecule has 0 bridgehead atoms. The molecule has 0 saturated carbocycles. The molecule has 1 aliphatic rings. The molecule has 2 heterocycles. The van der Waals surface area contributed by atoms with Gasteiger partial charge in [-0.15, -0.1) is 0 Å². The average Bonchev–Trinajstić information content (AvgIpc) is 2.55. The average molecular weight is 357 g/mol. The Labute approximate surface area is 145 Å². The maximum absolute atomic E-state index is 12.9. The summed E-state index contributed by atoms with van der Waals surface area (Å²) in [6, 6.07) is 4.73. The topological polar surface area (TPSA) is 49.3 Å². The Morgan fingerprint density at radius 1 is 1.36 bits per heavy atom.